The van der Waals surface area contributed by atoms with Crippen LogP contribution < -0.4 is 17.2 Å². The number of nitrogens with two attached hydrogens (primary N) is 3. The minimum Gasteiger partial charge on any atom is -0.468 e. The van der Waals surface area contributed by atoms with E-state index in [0.29, 0.717) is 18.6 Å². The Morgan fingerprint density at radius 1 is 0.833 bits per heavy atom. The predicted octanol–water partition coefficient (Wildman–Crippen LogP) is 4.96. The van der Waals surface area contributed by atoms with Gasteiger partial charge in [-0.05, 0) is 37.8 Å². The van der Waals surface area contributed by atoms with Gasteiger partial charge in [0.25, 0.3) is 0 Å². The minimum atomic E-state index is 0.493. The molecule has 0 spiro atoms. The smallest absolute Gasteiger partial charge is 0.117 e. The van der Waals surface area contributed by atoms with Crippen molar-refractivity contribution in [1.29, 1.82) is 0 Å². The van der Waals surface area contributed by atoms with Gasteiger partial charge in [-0.1, -0.05) is 59.8 Å². The standard InChI is InChI=1S/C6H13N.C5H7NO.C5H11N.2C2H6/c7-6-4-2-1-3-5-6;6-4-5-2-1-3-7-5;6-5-3-1-2-4-5;2*1-2/h6H,1-5,7H2;1-3H,4,6H2;5H,1-4,6H2;2*1-2H3. The lowest BCUT2D eigenvalue weighted by Gasteiger charge is -2.15. The molecule has 1 heterocycles. The maximum Gasteiger partial charge on any atom is 0.117 e. The molecule has 0 aromatic carbocycles. The highest BCUT2D eigenvalue weighted by Crippen LogP contribution is 2.15. The highest BCUT2D eigenvalue weighted by Gasteiger charge is 2.07. The molecular formula is C20H43N3O. The van der Waals surface area contributed by atoms with E-state index < -0.39 is 0 Å². The number of rotatable bonds is 1. The molecule has 2 fully saturated rings. The van der Waals surface area contributed by atoms with E-state index in [1.165, 1.54) is 57.8 Å². The van der Waals surface area contributed by atoms with Crippen LogP contribution in [0.25, 0.3) is 0 Å². The molecule has 3 rings (SSSR count). The monoisotopic (exact) mass is 341 g/mol. The Kier molecular flexibility index (Phi) is 21.4. The van der Waals surface area contributed by atoms with Crippen LogP contribution in [-0.2, 0) is 6.54 Å². The second kappa shape index (κ2) is 20.2. The zero-order chi connectivity index (χ0) is 18.6. The summed E-state index contributed by atoms with van der Waals surface area (Å²) in [4.78, 5) is 0. The van der Waals surface area contributed by atoms with Crippen molar-refractivity contribution in [3.63, 3.8) is 0 Å². The van der Waals surface area contributed by atoms with Crippen LogP contribution in [0.3, 0.4) is 0 Å². The summed E-state index contributed by atoms with van der Waals surface area (Å²) in [5.74, 6) is 0.833. The Labute approximate surface area is 150 Å². The second-order valence-electron chi connectivity index (χ2n) is 5.73. The Bertz CT molecular complexity index is 303. The van der Waals surface area contributed by atoms with Crippen LogP contribution in [0.5, 0.6) is 0 Å². The van der Waals surface area contributed by atoms with Crippen molar-refractivity contribution in [2.45, 2.75) is 104 Å². The van der Waals surface area contributed by atoms with Gasteiger partial charge >= 0.3 is 0 Å². The molecule has 144 valence electrons. The van der Waals surface area contributed by atoms with Gasteiger partial charge in [0.1, 0.15) is 5.76 Å². The van der Waals surface area contributed by atoms with E-state index in [1.807, 2.05) is 39.8 Å². The van der Waals surface area contributed by atoms with Crippen LogP contribution in [0.15, 0.2) is 22.8 Å². The van der Waals surface area contributed by atoms with Gasteiger partial charge in [-0.25, -0.2) is 0 Å². The third kappa shape index (κ3) is 16.0. The van der Waals surface area contributed by atoms with Crippen LogP contribution in [0.1, 0.15) is 91.2 Å². The maximum atomic E-state index is 5.63. The molecule has 2 aliphatic rings. The molecule has 0 aliphatic heterocycles. The lowest BCUT2D eigenvalue weighted by atomic mass is 9.97. The first kappa shape index (κ1) is 25.4. The summed E-state index contributed by atoms with van der Waals surface area (Å²) in [5.41, 5.74) is 16.4. The summed E-state index contributed by atoms with van der Waals surface area (Å²) in [5, 5.41) is 0. The topological polar surface area (TPSA) is 91.2 Å². The molecular weight excluding hydrogens is 298 g/mol. The Morgan fingerprint density at radius 2 is 1.25 bits per heavy atom. The zero-order valence-corrected chi connectivity index (χ0v) is 16.6. The SMILES string of the molecule is CC.CC.NC1CCCC1.NC1CCCCC1.NCc1ccco1. The van der Waals surface area contributed by atoms with Gasteiger partial charge < -0.3 is 21.6 Å². The van der Waals surface area contributed by atoms with Crippen LogP contribution in [0.4, 0.5) is 0 Å². The quantitative estimate of drug-likeness (QED) is 0.673. The molecule has 0 amide bonds. The molecule has 2 aliphatic carbocycles. The highest BCUT2D eigenvalue weighted by molar-refractivity contribution is 4.96. The summed E-state index contributed by atoms with van der Waals surface area (Å²) >= 11 is 0. The molecule has 2 saturated carbocycles. The average Bonchev–Trinajstić information content (AvgIpc) is 3.34. The molecule has 24 heavy (non-hydrogen) atoms. The fourth-order valence-corrected chi connectivity index (χ4v) is 2.52. The van der Waals surface area contributed by atoms with Gasteiger partial charge in [-0.15, -0.1) is 0 Å². The van der Waals surface area contributed by atoms with E-state index in [9.17, 15) is 0 Å². The van der Waals surface area contributed by atoms with Crippen molar-refractivity contribution >= 4 is 0 Å². The molecule has 1 aromatic rings. The van der Waals surface area contributed by atoms with Gasteiger partial charge in [0.15, 0.2) is 0 Å². The Balaban J connectivity index is 0. The number of hydrogen-bond acceptors (Lipinski definition) is 4. The van der Waals surface area contributed by atoms with Gasteiger partial charge in [-0.3, -0.25) is 0 Å². The average molecular weight is 342 g/mol. The molecule has 0 atom stereocenters. The van der Waals surface area contributed by atoms with Crippen molar-refractivity contribution in [3.8, 4) is 0 Å². The first-order valence-corrected chi connectivity index (χ1v) is 9.96. The van der Waals surface area contributed by atoms with E-state index in [-0.39, 0.29) is 0 Å². The maximum absolute atomic E-state index is 5.63. The largest absolute Gasteiger partial charge is 0.468 e. The van der Waals surface area contributed by atoms with Crippen molar-refractivity contribution in [3.05, 3.63) is 24.2 Å². The van der Waals surface area contributed by atoms with Crippen LogP contribution in [-0.4, -0.2) is 12.1 Å². The third-order valence-corrected chi connectivity index (χ3v) is 3.83. The minimum absolute atomic E-state index is 0.493. The molecule has 0 bridgehead atoms. The van der Waals surface area contributed by atoms with Gasteiger partial charge in [0.05, 0.1) is 12.8 Å². The second-order valence-corrected chi connectivity index (χ2v) is 5.73. The molecule has 1 aromatic heterocycles. The van der Waals surface area contributed by atoms with E-state index in [2.05, 4.69) is 0 Å². The lowest BCUT2D eigenvalue weighted by Crippen LogP contribution is -2.22. The number of hydrogen-bond donors (Lipinski definition) is 3. The lowest BCUT2D eigenvalue weighted by molar-refractivity contribution is 0.441. The number of furan rings is 1. The summed E-state index contributed by atoms with van der Waals surface area (Å²) in [6.07, 6.45) is 13.5. The van der Waals surface area contributed by atoms with Gasteiger partial charge in [0.2, 0.25) is 0 Å². The van der Waals surface area contributed by atoms with Crippen molar-refractivity contribution in [2.24, 2.45) is 17.2 Å². The molecule has 6 N–H and O–H groups in total. The fourth-order valence-electron chi connectivity index (χ4n) is 2.52. The first-order valence-electron chi connectivity index (χ1n) is 9.96. The summed E-state index contributed by atoms with van der Waals surface area (Å²) in [6.45, 7) is 8.49. The third-order valence-electron chi connectivity index (χ3n) is 3.83. The molecule has 0 saturated heterocycles. The summed E-state index contributed by atoms with van der Waals surface area (Å²) < 4.78 is 4.86. The highest BCUT2D eigenvalue weighted by atomic mass is 16.3. The molecule has 4 nitrogen and oxygen atoms in total. The van der Waals surface area contributed by atoms with E-state index in [0.717, 1.165) is 5.76 Å². The van der Waals surface area contributed by atoms with Gasteiger partial charge in [-0.2, -0.15) is 0 Å². The normalized spacial score (nSPS) is 17.0. The van der Waals surface area contributed by atoms with Crippen LogP contribution in [0, 0.1) is 0 Å². The Morgan fingerprint density at radius 3 is 1.46 bits per heavy atom. The fraction of sp³-hybridized carbons (Fsp3) is 0.800. The Hall–Kier alpha value is -0.840. The van der Waals surface area contributed by atoms with Crippen molar-refractivity contribution in [2.75, 3.05) is 0 Å². The van der Waals surface area contributed by atoms with E-state index in [4.69, 9.17) is 21.6 Å². The summed E-state index contributed by atoms with van der Waals surface area (Å²) in [7, 11) is 0. The van der Waals surface area contributed by atoms with Crippen LogP contribution in [0.2, 0.25) is 0 Å². The summed E-state index contributed by atoms with van der Waals surface area (Å²) in [6, 6.07) is 4.75. The molecule has 0 unspecified atom stereocenters. The van der Waals surface area contributed by atoms with Gasteiger partial charge in [0, 0.05) is 12.1 Å². The first-order chi connectivity index (χ1) is 11.7. The van der Waals surface area contributed by atoms with Crippen molar-refractivity contribution < 1.29 is 4.42 Å². The van der Waals surface area contributed by atoms with Crippen molar-refractivity contribution in [1.82, 2.24) is 0 Å². The zero-order valence-electron chi connectivity index (χ0n) is 16.6. The molecule has 4 heteroatoms. The van der Waals surface area contributed by atoms with E-state index >= 15 is 0 Å². The van der Waals surface area contributed by atoms with E-state index in [1.54, 1.807) is 6.26 Å². The predicted molar refractivity (Wildman–Crippen MR) is 107 cm³/mol. The molecule has 0 radical (unpaired) electrons. The van der Waals surface area contributed by atoms with Crippen LogP contribution >= 0.6 is 0 Å².